The van der Waals surface area contributed by atoms with Gasteiger partial charge in [-0.15, -0.1) is 0 Å². The van der Waals surface area contributed by atoms with E-state index >= 15 is 0 Å². The van der Waals surface area contributed by atoms with E-state index in [-0.39, 0.29) is 17.4 Å². The molecule has 3 rings (SSSR count). The summed E-state index contributed by atoms with van der Waals surface area (Å²) in [5, 5.41) is 14.3. The molecule has 0 unspecified atom stereocenters. The van der Waals surface area contributed by atoms with Crippen molar-refractivity contribution < 1.29 is 5.11 Å². The van der Waals surface area contributed by atoms with E-state index in [9.17, 15) is 5.11 Å². The summed E-state index contributed by atoms with van der Waals surface area (Å²) < 4.78 is 0. The van der Waals surface area contributed by atoms with Gasteiger partial charge >= 0.3 is 177 Å². The van der Waals surface area contributed by atoms with Gasteiger partial charge in [0.1, 0.15) is 0 Å². The Morgan fingerprint density at radius 1 is 0.586 bits per heavy atom. The quantitative estimate of drug-likeness (QED) is 0.513. The average molecular weight is 407 g/mol. The van der Waals surface area contributed by atoms with Crippen LogP contribution in [0.15, 0.2) is 91.0 Å². The summed E-state index contributed by atoms with van der Waals surface area (Å²) >= 11 is 0. The number of benzene rings is 3. The first kappa shape index (κ1) is 21.8. The van der Waals surface area contributed by atoms with Crippen molar-refractivity contribution in [1.29, 1.82) is 0 Å². The molecular formula is C27H35OP. The molecule has 154 valence electrons. The number of aliphatic hydroxyl groups is 1. The molecule has 2 heteroatoms. The van der Waals surface area contributed by atoms with E-state index in [2.05, 4.69) is 119 Å². The van der Waals surface area contributed by atoms with Gasteiger partial charge in [-0.2, -0.15) is 0 Å². The van der Waals surface area contributed by atoms with Gasteiger partial charge in [0.2, 0.25) is 0 Å². The third-order valence-corrected chi connectivity index (χ3v) is 11.4. The van der Waals surface area contributed by atoms with Gasteiger partial charge in [-0.3, -0.25) is 0 Å². The average Bonchev–Trinajstić information content (AvgIpc) is 2.73. The zero-order valence-electron chi connectivity index (χ0n) is 18.2. The van der Waals surface area contributed by atoms with Crippen molar-refractivity contribution in [2.75, 3.05) is 12.8 Å². The summed E-state index contributed by atoms with van der Waals surface area (Å²) in [7, 11) is -2.25. The van der Waals surface area contributed by atoms with E-state index in [0.717, 1.165) is 12.6 Å². The molecule has 0 aromatic heterocycles. The van der Waals surface area contributed by atoms with Crippen LogP contribution in [-0.2, 0) is 0 Å². The molecule has 0 radical (unpaired) electrons. The predicted octanol–water partition coefficient (Wildman–Crippen LogP) is 5.15. The molecule has 3 aromatic carbocycles. The van der Waals surface area contributed by atoms with Gasteiger partial charge < -0.3 is 0 Å². The second-order valence-corrected chi connectivity index (χ2v) is 13.7. The number of rotatable bonds is 8. The standard InChI is InChI=1S/C27H35OP/c1-26(2,21-28)20-27(3,4)22-29(23-14-8-5-9-15-23,24-16-10-6-11-17-24)25-18-12-7-13-19-25/h5-19,28-29H,20-22H2,1-4H3. The van der Waals surface area contributed by atoms with E-state index in [0.29, 0.717) is 0 Å². The van der Waals surface area contributed by atoms with E-state index < -0.39 is 7.26 Å². The van der Waals surface area contributed by atoms with Crippen molar-refractivity contribution in [2.45, 2.75) is 34.1 Å². The summed E-state index contributed by atoms with van der Waals surface area (Å²) in [6.07, 6.45) is 2.08. The molecule has 0 aliphatic heterocycles. The molecule has 0 saturated heterocycles. The van der Waals surface area contributed by atoms with Gasteiger partial charge in [0.25, 0.3) is 0 Å². The van der Waals surface area contributed by atoms with Gasteiger partial charge in [-0.25, -0.2) is 0 Å². The Bertz CT molecular complexity index is 789. The van der Waals surface area contributed by atoms with Crippen LogP contribution in [0.1, 0.15) is 34.1 Å². The Balaban J connectivity index is 2.23. The van der Waals surface area contributed by atoms with E-state index in [1.807, 2.05) is 0 Å². The molecule has 0 aliphatic rings. The summed E-state index contributed by atoms with van der Waals surface area (Å²) in [4.78, 5) is 0. The minimum atomic E-state index is -2.25. The first-order valence-electron chi connectivity index (χ1n) is 10.6. The van der Waals surface area contributed by atoms with Crippen LogP contribution in [0.4, 0.5) is 0 Å². The zero-order valence-corrected chi connectivity index (χ0v) is 19.2. The molecule has 29 heavy (non-hydrogen) atoms. The molecule has 1 N–H and O–H groups in total. The van der Waals surface area contributed by atoms with Crippen molar-refractivity contribution in [2.24, 2.45) is 10.8 Å². The Morgan fingerprint density at radius 2 is 0.931 bits per heavy atom. The van der Waals surface area contributed by atoms with Crippen LogP contribution in [0.25, 0.3) is 0 Å². The second-order valence-electron chi connectivity index (χ2n) is 9.84. The fourth-order valence-corrected chi connectivity index (χ4v) is 10.6. The molecular weight excluding hydrogens is 371 g/mol. The van der Waals surface area contributed by atoms with Crippen LogP contribution in [0.5, 0.6) is 0 Å². The molecule has 0 spiro atoms. The second kappa shape index (κ2) is 8.82. The topological polar surface area (TPSA) is 20.2 Å². The van der Waals surface area contributed by atoms with Gasteiger partial charge in [-0.05, 0) is 0 Å². The molecule has 0 atom stereocenters. The molecule has 0 aliphatic carbocycles. The van der Waals surface area contributed by atoms with Crippen molar-refractivity contribution >= 4 is 23.2 Å². The summed E-state index contributed by atoms with van der Waals surface area (Å²) in [5.74, 6) is 0. The molecule has 0 saturated carbocycles. The van der Waals surface area contributed by atoms with E-state index in [1.54, 1.807) is 0 Å². The molecule has 1 nitrogen and oxygen atoms in total. The molecule has 0 bridgehead atoms. The molecule has 3 aromatic rings. The monoisotopic (exact) mass is 406 g/mol. The van der Waals surface area contributed by atoms with Crippen LogP contribution >= 0.6 is 7.26 Å². The Morgan fingerprint density at radius 3 is 1.24 bits per heavy atom. The zero-order chi connectivity index (χ0) is 21.0. The number of hydrogen-bond donors (Lipinski definition) is 1. The van der Waals surface area contributed by atoms with Crippen molar-refractivity contribution in [3.8, 4) is 0 Å². The van der Waals surface area contributed by atoms with Crippen LogP contribution in [-0.4, -0.2) is 17.9 Å². The first-order chi connectivity index (χ1) is 13.8. The fraction of sp³-hybridized carbons (Fsp3) is 0.333. The summed E-state index contributed by atoms with van der Waals surface area (Å²) in [6.45, 7) is 9.31. The van der Waals surface area contributed by atoms with E-state index in [1.165, 1.54) is 15.9 Å². The van der Waals surface area contributed by atoms with Crippen molar-refractivity contribution in [1.82, 2.24) is 0 Å². The predicted molar refractivity (Wildman–Crippen MR) is 131 cm³/mol. The fourth-order valence-electron chi connectivity index (χ4n) is 5.11. The third kappa shape index (κ3) is 4.97. The molecule has 0 heterocycles. The maximum atomic E-state index is 9.92. The Kier molecular flexibility index (Phi) is 6.62. The normalized spacial score (nSPS) is 13.3. The SMILES string of the molecule is CC(C)(CO)CC(C)(C)C[PH](c1ccccc1)(c1ccccc1)c1ccccc1. The van der Waals surface area contributed by atoms with Crippen LogP contribution < -0.4 is 15.9 Å². The summed E-state index contributed by atoms with van der Waals surface area (Å²) in [6, 6.07) is 33.3. The van der Waals surface area contributed by atoms with Crippen LogP contribution in [0.2, 0.25) is 0 Å². The third-order valence-electron chi connectivity index (χ3n) is 5.93. The summed E-state index contributed by atoms with van der Waals surface area (Å²) in [5.41, 5.74) is -0.00627. The molecule has 0 amide bonds. The Hall–Kier alpha value is -1.95. The van der Waals surface area contributed by atoms with Crippen LogP contribution in [0.3, 0.4) is 0 Å². The maximum absolute atomic E-state index is 9.92. The number of hydrogen-bond acceptors (Lipinski definition) is 1. The van der Waals surface area contributed by atoms with Crippen molar-refractivity contribution in [3.63, 3.8) is 0 Å². The number of aliphatic hydroxyl groups excluding tert-OH is 1. The van der Waals surface area contributed by atoms with E-state index in [4.69, 9.17) is 0 Å². The Labute approximate surface area is 177 Å². The van der Waals surface area contributed by atoms with Gasteiger partial charge in [-0.1, -0.05) is 0 Å². The van der Waals surface area contributed by atoms with Crippen LogP contribution in [0, 0.1) is 10.8 Å². The van der Waals surface area contributed by atoms with Gasteiger partial charge in [0.15, 0.2) is 0 Å². The van der Waals surface area contributed by atoms with Crippen molar-refractivity contribution in [3.05, 3.63) is 91.0 Å². The van der Waals surface area contributed by atoms with Gasteiger partial charge in [0.05, 0.1) is 0 Å². The van der Waals surface area contributed by atoms with Gasteiger partial charge in [0, 0.05) is 0 Å². The minimum absolute atomic E-state index is 0.0833. The first-order valence-corrected chi connectivity index (χ1v) is 12.8. The molecule has 0 fully saturated rings.